The average molecular weight is 501 g/mol. The van der Waals surface area contributed by atoms with E-state index in [2.05, 4.69) is 36.5 Å². The fourth-order valence-electron chi connectivity index (χ4n) is 4.31. The quantitative estimate of drug-likeness (QED) is 0.273. The smallest absolute Gasteiger partial charge is 0.407 e. The molecule has 1 saturated carbocycles. The van der Waals surface area contributed by atoms with Crippen LogP contribution in [0.15, 0.2) is 48.5 Å². The first kappa shape index (κ1) is 26.4. The van der Waals surface area contributed by atoms with Gasteiger partial charge in [0.2, 0.25) is 0 Å². The summed E-state index contributed by atoms with van der Waals surface area (Å²) in [5, 5.41) is 3.94. The van der Waals surface area contributed by atoms with E-state index in [1.165, 1.54) is 24.5 Å². The second-order valence-electron chi connectivity index (χ2n) is 10.6. The Hall–Kier alpha value is -3.67. The van der Waals surface area contributed by atoms with Gasteiger partial charge in [-0.3, -0.25) is 4.98 Å². The van der Waals surface area contributed by atoms with Crippen molar-refractivity contribution >= 4 is 29.0 Å². The van der Waals surface area contributed by atoms with Gasteiger partial charge in [-0.05, 0) is 94.7 Å². The molecule has 0 atom stereocenters. The molecule has 0 spiro atoms. The highest BCUT2D eigenvalue weighted by molar-refractivity contribution is 5.98. The standard InChI is InChI=1S/C31H36N2O4/c1-6-36-28(34)16-12-21-11-15-26-24(17-21)29(23-13-7-20(2)8-14-23)25(27(33-26)18-22-9-10-22)19-32-30(35)37-31(3,4)5/h7-8,11-17,22H,6,9-10,18-19H2,1-5H3,(H,32,35)/b16-12+. The number of aryl methyl sites for hydroxylation is 1. The zero-order chi connectivity index (χ0) is 26.6. The number of hydrogen-bond acceptors (Lipinski definition) is 5. The minimum Gasteiger partial charge on any atom is -0.463 e. The van der Waals surface area contributed by atoms with Crippen LogP contribution in [0.1, 0.15) is 62.9 Å². The van der Waals surface area contributed by atoms with Gasteiger partial charge >= 0.3 is 12.1 Å². The number of carbonyl (C=O) groups excluding carboxylic acids is 2. The molecule has 1 N–H and O–H groups in total. The van der Waals surface area contributed by atoms with Crippen LogP contribution in [-0.4, -0.2) is 29.3 Å². The Morgan fingerprint density at radius 2 is 1.84 bits per heavy atom. The van der Waals surface area contributed by atoms with Crippen LogP contribution in [-0.2, 0) is 27.2 Å². The Morgan fingerprint density at radius 1 is 1.11 bits per heavy atom. The summed E-state index contributed by atoms with van der Waals surface area (Å²) in [6.45, 7) is 10.1. The van der Waals surface area contributed by atoms with Gasteiger partial charge in [-0.25, -0.2) is 9.59 Å². The van der Waals surface area contributed by atoms with Crippen molar-refractivity contribution in [3.63, 3.8) is 0 Å². The number of benzene rings is 2. The van der Waals surface area contributed by atoms with Crippen molar-refractivity contribution in [3.8, 4) is 11.1 Å². The topological polar surface area (TPSA) is 77.5 Å². The Labute approximate surface area is 219 Å². The highest BCUT2D eigenvalue weighted by Gasteiger charge is 2.26. The maximum Gasteiger partial charge on any atom is 0.407 e. The second-order valence-corrected chi connectivity index (χ2v) is 10.6. The molecule has 0 saturated heterocycles. The number of nitrogens with one attached hydrogen (secondary N) is 1. The van der Waals surface area contributed by atoms with Gasteiger partial charge < -0.3 is 14.8 Å². The molecule has 194 valence electrons. The molecule has 4 rings (SSSR count). The molecule has 1 heterocycles. The fourth-order valence-corrected chi connectivity index (χ4v) is 4.31. The van der Waals surface area contributed by atoms with E-state index in [0.29, 0.717) is 19.1 Å². The largest absolute Gasteiger partial charge is 0.463 e. The molecule has 6 heteroatoms. The van der Waals surface area contributed by atoms with Crippen molar-refractivity contribution < 1.29 is 19.1 Å². The zero-order valence-electron chi connectivity index (χ0n) is 22.4. The van der Waals surface area contributed by atoms with Gasteiger partial charge in [0, 0.05) is 29.3 Å². The van der Waals surface area contributed by atoms with Gasteiger partial charge in [-0.1, -0.05) is 35.9 Å². The summed E-state index contributed by atoms with van der Waals surface area (Å²) in [6, 6.07) is 14.4. The highest BCUT2D eigenvalue weighted by Crippen LogP contribution is 2.38. The lowest BCUT2D eigenvalue weighted by atomic mass is 9.91. The van der Waals surface area contributed by atoms with Crippen LogP contribution in [0, 0.1) is 12.8 Å². The van der Waals surface area contributed by atoms with Crippen molar-refractivity contribution in [1.82, 2.24) is 10.3 Å². The van der Waals surface area contributed by atoms with Gasteiger partial charge in [-0.2, -0.15) is 0 Å². The summed E-state index contributed by atoms with van der Waals surface area (Å²) >= 11 is 0. The number of carbonyl (C=O) groups is 2. The van der Waals surface area contributed by atoms with Crippen molar-refractivity contribution in [2.24, 2.45) is 5.92 Å². The number of hydrogen-bond donors (Lipinski definition) is 1. The van der Waals surface area contributed by atoms with Gasteiger partial charge in [0.1, 0.15) is 5.60 Å². The molecule has 1 aromatic heterocycles. The van der Waals surface area contributed by atoms with E-state index in [-0.39, 0.29) is 5.97 Å². The van der Waals surface area contributed by atoms with E-state index in [4.69, 9.17) is 14.5 Å². The van der Waals surface area contributed by atoms with Crippen LogP contribution in [0.5, 0.6) is 0 Å². The average Bonchev–Trinajstić information content (AvgIpc) is 3.65. The van der Waals surface area contributed by atoms with E-state index in [1.54, 1.807) is 13.0 Å². The lowest BCUT2D eigenvalue weighted by Gasteiger charge is -2.22. The van der Waals surface area contributed by atoms with Crippen LogP contribution in [0.4, 0.5) is 4.79 Å². The number of aromatic nitrogens is 1. The van der Waals surface area contributed by atoms with Crippen LogP contribution in [0.2, 0.25) is 0 Å². The lowest BCUT2D eigenvalue weighted by Crippen LogP contribution is -2.32. The fraction of sp³-hybridized carbons (Fsp3) is 0.387. The summed E-state index contributed by atoms with van der Waals surface area (Å²) < 4.78 is 10.5. The van der Waals surface area contributed by atoms with E-state index >= 15 is 0 Å². The molecule has 37 heavy (non-hydrogen) atoms. The monoisotopic (exact) mass is 500 g/mol. The number of nitrogens with zero attached hydrogens (tertiary/aromatic N) is 1. The maximum absolute atomic E-state index is 12.6. The number of rotatable bonds is 8. The maximum atomic E-state index is 12.6. The highest BCUT2D eigenvalue weighted by atomic mass is 16.6. The minimum atomic E-state index is -0.581. The number of amides is 1. The Balaban J connectivity index is 1.84. The van der Waals surface area contributed by atoms with Gasteiger partial charge in [0.25, 0.3) is 0 Å². The van der Waals surface area contributed by atoms with Crippen LogP contribution in [0.3, 0.4) is 0 Å². The van der Waals surface area contributed by atoms with Gasteiger partial charge in [-0.15, -0.1) is 0 Å². The zero-order valence-corrected chi connectivity index (χ0v) is 22.4. The first-order valence-electron chi connectivity index (χ1n) is 13.0. The molecule has 1 aliphatic carbocycles. The van der Waals surface area contributed by atoms with E-state index in [1.807, 2.05) is 39.0 Å². The van der Waals surface area contributed by atoms with Crippen LogP contribution < -0.4 is 5.32 Å². The summed E-state index contributed by atoms with van der Waals surface area (Å²) in [7, 11) is 0. The molecule has 0 unspecified atom stereocenters. The third-order valence-corrected chi connectivity index (χ3v) is 6.22. The molecule has 6 nitrogen and oxygen atoms in total. The predicted octanol–water partition coefficient (Wildman–Crippen LogP) is 6.76. The SMILES string of the molecule is CCOC(=O)/C=C/c1ccc2nc(CC3CC3)c(CNC(=O)OC(C)(C)C)c(-c3ccc(C)cc3)c2c1. The van der Waals surface area contributed by atoms with Crippen molar-refractivity contribution in [2.45, 2.75) is 66.0 Å². The number of pyridine rings is 1. The number of esters is 1. The summed E-state index contributed by atoms with van der Waals surface area (Å²) in [4.78, 5) is 29.5. The first-order chi connectivity index (χ1) is 17.6. The van der Waals surface area contributed by atoms with E-state index in [0.717, 1.165) is 45.3 Å². The molecule has 0 radical (unpaired) electrons. The minimum absolute atomic E-state index is 0.312. The summed E-state index contributed by atoms with van der Waals surface area (Å²) in [5.41, 5.74) is 6.47. The van der Waals surface area contributed by atoms with Crippen molar-refractivity contribution in [1.29, 1.82) is 0 Å². The summed E-state index contributed by atoms with van der Waals surface area (Å²) in [6.07, 6.45) is 6.03. The number of fused-ring (bicyclic) bond motifs is 1. The number of ether oxygens (including phenoxy) is 2. The van der Waals surface area contributed by atoms with Gasteiger partial charge in [0.15, 0.2) is 0 Å². The normalized spacial score (nSPS) is 13.6. The van der Waals surface area contributed by atoms with E-state index in [9.17, 15) is 9.59 Å². The van der Waals surface area contributed by atoms with Crippen LogP contribution in [0.25, 0.3) is 28.1 Å². The predicted molar refractivity (Wildman–Crippen MR) is 147 cm³/mol. The van der Waals surface area contributed by atoms with E-state index < -0.39 is 11.7 Å². The van der Waals surface area contributed by atoms with Gasteiger partial charge in [0.05, 0.1) is 12.1 Å². The second kappa shape index (κ2) is 11.2. The molecule has 1 aliphatic rings. The molecule has 3 aromatic rings. The molecule has 0 aliphatic heterocycles. The molecule has 2 aromatic carbocycles. The molecule has 0 bridgehead atoms. The Bertz CT molecular complexity index is 1320. The molecular weight excluding hydrogens is 464 g/mol. The van der Waals surface area contributed by atoms with Crippen LogP contribution >= 0.6 is 0 Å². The molecule has 1 fully saturated rings. The molecule has 1 amide bonds. The first-order valence-corrected chi connectivity index (χ1v) is 13.0. The third-order valence-electron chi connectivity index (χ3n) is 6.22. The molecular formula is C31H36N2O4. The lowest BCUT2D eigenvalue weighted by molar-refractivity contribution is -0.137. The third kappa shape index (κ3) is 7.19. The Morgan fingerprint density at radius 3 is 2.49 bits per heavy atom. The number of alkyl carbamates (subject to hydrolysis) is 1. The summed E-state index contributed by atoms with van der Waals surface area (Å²) in [5.74, 6) is 0.254. The Kier molecular flexibility index (Phi) is 7.96. The van der Waals surface area contributed by atoms with Crippen molar-refractivity contribution in [2.75, 3.05) is 6.61 Å². The van der Waals surface area contributed by atoms with Crippen molar-refractivity contribution in [3.05, 3.63) is 70.9 Å².